The minimum Gasteiger partial charge on any atom is -0.344 e. The molecule has 1 saturated heterocycles. The van der Waals surface area contributed by atoms with Gasteiger partial charge in [0.05, 0.1) is 0 Å². The molecule has 1 fully saturated rings. The van der Waals surface area contributed by atoms with E-state index in [1.54, 1.807) is 4.90 Å². The number of carbonyl (C=O) groups excluding carboxylic acids is 1. The minimum absolute atomic E-state index is 0.0984. The van der Waals surface area contributed by atoms with Crippen LogP contribution >= 0.6 is 12.2 Å². The molecule has 0 bridgehead atoms. The predicted molar refractivity (Wildman–Crippen MR) is 55.6 cm³/mol. The molecule has 1 aromatic heterocycles. The van der Waals surface area contributed by atoms with Crippen molar-refractivity contribution in [3.63, 3.8) is 0 Å². The Kier molecular flexibility index (Phi) is 2.19. The summed E-state index contributed by atoms with van der Waals surface area (Å²) in [5.74, 6) is 0.156. The first-order valence-electron chi connectivity index (χ1n) is 4.62. The van der Waals surface area contributed by atoms with Crippen LogP contribution in [0.25, 0.3) is 0 Å². The number of imidazole rings is 1. The van der Waals surface area contributed by atoms with Crippen LogP contribution < -0.4 is 0 Å². The number of hydrogen-bond acceptors (Lipinski definition) is 2. The van der Waals surface area contributed by atoms with Crippen molar-refractivity contribution in [2.45, 2.75) is 19.4 Å². The van der Waals surface area contributed by atoms with Crippen molar-refractivity contribution < 1.29 is 4.79 Å². The fourth-order valence-electron chi connectivity index (χ4n) is 1.90. The van der Waals surface area contributed by atoms with Crippen molar-refractivity contribution in [3.8, 4) is 0 Å². The van der Waals surface area contributed by atoms with Gasteiger partial charge in [-0.05, 0) is 25.6 Å². The van der Waals surface area contributed by atoms with Gasteiger partial charge in [-0.2, -0.15) is 0 Å². The van der Waals surface area contributed by atoms with Crippen LogP contribution in [0.3, 0.4) is 0 Å². The molecule has 5 heteroatoms. The van der Waals surface area contributed by atoms with E-state index in [0.717, 1.165) is 18.7 Å². The molecule has 0 spiro atoms. The molecule has 4 nitrogen and oxygen atoms in total. The van der Waals surface area contributed by atoms with E-state index < -0.39 is 0 Å². The van der Waals surface area contributed by atoms with Crippen LogP contribution in [0.5, 0.6) is 0 Å². The topological polar surface area (TPSA) is 41.0 Å². The van der Waals surface area contributed by atoms with Crippen molar-refractivity contribution >= 4 is 18.1 Å². The van der Waals surface area contributed by atoms with Gasteiger partial charge in [0.1, 0.15) is 6.04 Å². The lowest BCUT2D eigenvalue weighted by molar-refractivity contribution is -0.129. The van der Waals surface area contributed by atoms with E-state index in [2.05, 4.69) is 4.98 Å². The Labute approximate surface area is 87.5 Å². The van der Waals surface area contributed by atoms with Gasteiger partial charge in [-0.25, -0.2) is 0 Å². The van der Waals surface area contributed by atoms with Gasteiger partial charge in [0.25, 0.3) is 0 Å². The third-order valence-electron chi connectivity index (χ3n) is 2.71. The fraction of sp³-hybridized carbons (Fsp3) is 0.556. The zero-order chi connectivity index (χ0) is 10.3. The second-order valence-electron chi connectivity index (χ2n) is 3.67. The number of aromatic nitrogens is 2. The number of likely N-dealkylation sites (tertiary alicyclic amines) is 1. The van der Waals surface area contributed by atoms with Crippen LogP contribution in [0.1, 0.15) is 18.2 Å². The van der Waals surface area contributed by atoms with Gasteiger partial charge in [-0.1, -0.05) is 0 Å². The number of amides is 1. The van der Waals surface area contributed by atoms with Crippen molar-refractivity contribution in [1.82, 2.24) is 14.5 Å². The number of hydrogen-bond donors (Lipinski definition) is 1. The summed E-state index contributed by atoms with van der Waals surface area (Å²) >= 11 is 5.14. The molecular formula is C9H13N3OS. The van der Waals surface area contributed by atoms with Gasteiger partial charge in [0.15, 0.2) is 4.77 Å². The average molecular weight is 211 g/mol. The third-order valence-corrected chi connectivity index (χ3v) is 3.03. The zero-order valence-corrected chi connectivity index (χ0v) is 9.10. The van der Waals surface area contributed by atoms with E-state index in [9.17, 15) is 4.79 Å². The third kappa shape index (κ3) is 1.28. The summed E-state index contributed by atoms with van der Waals surface area (Å²) in [5, 5.41) is 0. The Morgan fingerprint density at radius 2 is 2.36 bits per heavy atom. The summed E-state index contributed by atoms with van der Waals surface area (Å²) in [4.78, 5) is 16.5. The number of aryl methyl sites for hydroxylation is 1. The molecule has 0 radical (unpaired) electrons. The molecule has 1 N–H and O–H groups in total. The summed E-state index contributed by atoms with van der Waals surface area (Å²) in [6, 6.07) is -0.0984. The number of carbonyl (C=O) groups is 1. The molecule has 1 aromatic rings. The van der Waals surface area contributed by atoms with Gasteiger partial charge < -0.3 is 14.5 Å². The van der Waals surface area contributed by atoms with Crippen molar-refractivity contribution in [3.05, 3.63) is 16.7 Å². The van der Waals surface area contributed by atoms with Crippen molar-refractivity contribution in [2.24, 2.45) is 0 Å². The van der Waals surface area contributed by atoms with E-state index in [1.807, 2.05) is 24.7 Å². The Hall–Kier alpha value is -1.10. The molecule has 1 atom stereocenters. The molecule has 2 heterocycles. The second-order valence-corrected chi connectivity index (χ2v) is 4.06. The number of H-pyrrole nitrogens is 1. The average Bonchev–Trinajstić information content (AvgIpc) is 2.62. The van der Waals surface area contributed by atoms with Crippen LogP contribution in [0.4, 0.5) is 0 Å². The Bertz CT molecular complexity index is 420. The van der Waals surface area contributed by atoms with Gasteiger partial charge in [-0.15, -0.1) is 0 Å². The summed E-state index contributed by atoms with van der Waals surface area (Å²) in [5.41, 5.74) is 1.02. The highest BCUT2D eigenvalue weighted by Crippen LogP contribution is 2.23. The minimum atomic E-state index is -0.0984. The number of likely N-dealkylation sites (N-methyl/N-ethyl adjacent to an activating group) is 1. The Morgan fingerprint density at radius 3 is 2.79 bits per heavy atom. The highest BCUT2D eigenvalue weighted by atomic mass is 32.1. The van der Waals surface area contributed by atoms with Gasteiger partial charge in [0, 0.05) is 25.5 Å². The van der Waals surface area contributed by atoms with Gasteiger partial charge in [-0.3, -0.25) is 4.79 Å². The second kappa shape index (κ2) is 3.24. The van der Waals surface area contributed by atoms with Gasteiger partial charge >= 0.3 is 0 Å². The monoisotopic (exact) mass is 211 g/mol. The maximum Gasteiger partial charge on any atom is 0.245 e. The first kappa shape index (κ1) is 9.45. The highest BCUT2D eigenvalue weighted by molar-refractivity contribution is 7.71. The normalized spacial score (nSPS) is 22.0. The number of aromatic amines is 1. The van der Waals surface area contributed by atoms with E-state index >= 15 is 0 Å². The molecule has 1 aliphatic heterocycles. The molecule has 1 aliphatic rings. The summed E-state index contributed by atoms with van der Waals surface area (Å²) in [6.07, 6.45) is 2.69. The van der Waals surface area contributed by atoms with E-state index in [4.69, 9.17) is 12.2 Å². The van der Waals surface area contributed by atoms with E-state index in [0.29, 0.717) is 4.77 Å². The zero-order valence-electron chi connectivity index (χ0n) is 8.28. The van der Waals surface area contributed by atoms with E-state index in [-0.39, 0.29) is 11.9 Å². The number of rotatable bonds is 1. The molecule has 14 heavy (non-hydrogen) atoms. The largest absolute Gasteiger partial charge is 0.344 e. The maximum atomic E-state index is 11.8. The maximum absolute atomic E-state index is 11.8. The molecule has 0 aromatic carbocycles. The summed E-state index contributed by atoms with van der Waals surface area (Å²) in [6.45, 7) is 2.77. The lowest BCUT2D eigenvalue weighted by Crippen LogP contribution is -2.25. The molecule has 76 valence electrons. The SMILES string of the molecule is Cc1c[nH]c(=S)n1C1CCN(C)C1=O. The van der Waals surface area contributed by atoms with Crippen LogP contribution in [0.2, 0.25) is 0 Å². The fourth-order valence-corrected chi connectivity index (χ4v) is 2.23. The Balaban J connectivity index is 2.42. The van der Waals surface area contributed by atoms with Crippen LogP contribution in [0.15, 0.2) is 6.20 Å². The molecule has 1 unspecified atom stereocenters. The van der Waals surface area contributed by atoms with Crippen LogP contribution in [-0.2, 0) is 4.79 Å². The molecule has 2 rings (SSSR count). The quantitative estimate of drug-likeness (QED) is 0.710. The summed E-state index contributed by atoms with van der Waals surface area (Å²) in [7, 11) is 1.83. The summed E-state index contributed by atoms with van der Waals surface area (Å²) < 4.78 is 2.54. The molecule has 1 amide bonds. The smallest absolute Gasteiger partial charge is 0.245 e. The highest BCUT2D eigenvalue weighted by Gasteiger charge is 2.31. The number of nitrogens with one attached hydrogen (secondary N) is 1. The van der Waals surface area contributed by atoms with E-state index in [1.165, 1.54) is 0 Å². The predicted octanol–water partition coefficient (Wildman–Crippen LogP) is 1.26. The molecule has 0 saturated carbocycles. The lowest BCUT2D eigenvalue weighted by Gasteiger charge is -2.13. The van der Waals surface area contributed by atoms with Crippen molar-refractivity contribution in [2.75, 3.05) is 13.6 Å². The molecular weight excluding hydrogens is 198 g/mol. The first-order valence-corrected chi connectivity index (χ1v) is 5.03. The van der Waals surface area contributed by atoms with Crippen LogP contribution in [-0.4, -0.2) is 34.0 Å². The lowest BCUT2D eigenvalue weighted by atomic mass is 10.2. The Morgan fingerprint density at radius 1 is 1.64 bits per heavy atom. The standard InChI is InChI=1S/C9H13N3OS/c1-6-5-10-9(14)12(6)7-3-4-11(2)8(7)13/h5,7H,3-4H2,1-2H3,(H,10,14). The van der Waals surface area contributed by atoms with Gasteiger partial charge in [0.2, 0.25) is 5.91 Å². The first-order chi connectivity index (χ1) is 6.61. The van der Waals surface area contributed by atoms with Crippen LogP contribution in [0, 0.1) is 11.7 Å². The number of nitrogens with zero attached hydrogens (tertiary/aromatic N) is 2. The molecule has 0 aliphatic carbocycles. The van der Waals surface area contributed by atoms with Crippen molar-refractivity contribution in [1.29, 1.82) is 0 Å².